The Hall–Kier alpha value is -1.50. The number of aliphatic hydroxyl groups excluding tert-OH is 1. The normalized spacial score (nSPS) is 18.2. The first-order valence-electron chi connectivity index (χ1n) is 6.31. The van der Waals surface area contributed by atoms with Crippen LogP contribution in [0.3, 0.4) is 0 Å². The Balaban J connectivity index is 2.38. The van der Waals surface area contributed by atoms with Crippen molar-refractivity contribution >= 4 is 34.5 Å². The van der Waals surface area contributed by atoms with Crippen molar-refractivity contribution in [3.8, 4) is 0 Å². The number of halogens is 1. The van der Waals surface area contributed by atoms with E-state index < -0.39 is 12.0 Å². The molecule has 21 heavy (non-hydrogen) atoms. The fraction of sp³-hybridized carbons (Fsp3) is 0.286. The zero-order chi connectivity index (χ0) is 15.4. The standard InChI is InChI=1S/C14H15ClN2O3S/c1-8-11(13(19)20)12(9-2-4-10(15)5-3-9)17-14(16-8)21-7-6-18/h2-5,12,18H,6-7H2,1H3,(H,16,17)(H,19,20). The average Bonchev–Trinajstić information content (AvgIpc) is 2.44. The third-order valence-electron chi connectivity index (χ3n) is 2.96. The second-order valence-electron chi connectivity index (χ2n) is 4.43. The van der Waals surface area contributed by atoms with Gasteiger partial charge in [-0.2, -0.15) is 0 Å². The van der Waals surface area contributed by atoms with Gasteiger partial charge in [0.15, 0.2) is 5.17 Å². The molecule has 0 fully saturated rings. The van der Waals surface area contributed by atoms with E-state index >= 15 is 0 Å². The van der Waals surface area contributed by atoms with Crippen LogP contribution in [-0.4, -0.2) is 33.7 Å². The molecular formula is C14H15ClN2O3S. The van der Waals surface area contributed by atoms with E-state index in [-0.39, 0.29) is 12.2 Å². The molecule has 0 bridgehead atoms. The molecule has 3 N–H and O–H groups in total. The van der Waals surface area contributed by atoms with Gasteiger partial charge in [0.2, 0.25) is 0 Å². The Morgan fingerprint density at radius 1 is 1.43 bits per heavy atom. The molecule has 1 aromatic carbocycles. The van der Waals surface area contributed by atoms with Crippen LogP contribution in [0.5, 0.6) is 0 Å². The zero-order valence-corrected chi connectivity index (χ0v) is 12.9. The second kappa shape index (κ2) is 6.98. The first-order chi connectivity index (χ1) is 10.0. The van der Waals surface area contributed by atoms with E-state index in [1.807, 2.05) is 0 Å². The maximum atomic E-state index is 11.5. The second-order valence-corrected chi connectivity index (χ2v) is 5.95. The smallest absolute Gasteiger partial charge is 0.335 e. The number of rotatable bonds is 4. The molecule has 0 radical (unpaired) electrons. The van der Waals surface area contributed by atoms with E-state index in [1.54, 1.807) is 31.2 Å². The minimum absolute atomic E-state index is 0.0333. The molecular weight excluding hydrogens is 312 g/mol. The lowest BCUT2D eigenvalue weighted by molar-refractivity contribution is -0.133. The van der Waals surface area contributed by atoms with E-state index in [2.05, 4.69) is 10.3 Å². The quantitative estimate of drug-likeness (QED) is 0.791. The van der Waals surface area contributed by atoms with Crippen molar-refractivity contribution in [3.63, 3.8) is 0 Å². The summed E-state index contributed by atoms with van der Waals surface area (Å²) in [4.78, 5) is 15.9. The Bertz CT molecular complexity index is 599. The average molecular weight is 327 g/mol. The highest BCUT2D eigenvalue weighted by Gasteiger charge is 2.28. The summed E-state index contributed by atoms with van der Waals surface area (Å²) in [6.45, 7) is 1.74. The van der Waals surface area contributed by atoms with Crippen LogP contribution in [0.15, 0.2) is 40.5 Å². The number of carboxylic acids is 1. The molecule has 0 aliphatic carbocycles. The third kappa shape index (κ3) is 3.78. The summed E-state index contributed by atoms with van der Waals surface area (Å²) in [6, 6.07) is 6.38. The number of aliphatic carboxylic acids is 1. The predicted octanol–water partition coefficient (Wildman–Crippen LogP) is 2.42. The third-order valence-corrected chi connectivity index (χ3v) is 4.08. The number of amidine groups is 1. The molecule has 2 rings (SSSR count). The number of carbonyl (C=O) groups is 1. The molecule has 1 aliphatic rings. The Kier molecular flexibility index (Phi) is 5.27. The number of aliphatic imine (C=N–C) groups is 1. The van der Waals surface area contributed by atoms with Crippen LogP contribution in [0, 0.1) is 0 Å². The SMILES string of the molecule is CC1=C(C(=O)O)C(c2ccc(Cl)cc2)N=C(SCCO)N1. The van der Waals surface area contributed by atoms with Crippen molar-refractivity contribution in [2.24, 2.45) is 4.99 Å². The van der Waals surface area contributed by atoms with E-state index in [9.17, 15) is 9.90 Å². The number of aliphatic hydroxyl groups is 1. The van der Waals surface area contributed by atoms with Gasteiger partial charge in [-0.05, 0) is 24.6 Å². The highest BCUT2D eigenvalue weighted by molar-refractivity contribution is 8.13. The van der Waals surface area contributed by atoms with Gasteiger partial charge in [0, 0.05) is 16.5 Å². The van der Waals surface area contributed by atoms with E-state index in [0.717, 1.165) is 5.56 Å². The van der Waals surface area contributed by atoms with Crippen LogP contribution >= 0.6 is 23.4 Å². The van der Waals surface area contributed by atoms with Gasteiger partial charge < -0.3 is 15.5 Å². The minimum Gasteiger partial charge on any atom is -0.478 e. The van der Waals surface area contributed by atoms with Crippen LogP contribution < -0.4 is 5.32 Å². The highest BCUT2D eigenvalue weighted by atomic mass is 35.5. The Morgan fingerprint density at radius 2 is 2.10 bits per heavy atom. The number of carboxylic acid groups (broad SMARTS) is 1. The number of hydrogen-bond donors (Lipinski definition) is 3. The fourth-order valence-corrected chi connectivity index (χ4v) is 2.84. The summed E-state index contributed by atoms with van der Waals surface area (Å²) in [6.07, 6.45) is 0. The van der Waals surface area contributed by atoms with Gasteiger partial charge >= 0.3 is 5.97 Å². The number of hydrogen-bond acceptors (Lipinski definition) is 5. The fourth-order valence-electron chi connectivity index (χ4n) is 2.03. The number of thioether (sulfide) groups is 1. The van der Waals surface area contributed by atoms with Crippen molar-refractivity contribution in [1.29, 1.82) is 0 Å². The van der Waals surface area contributed by atoms with Crippen molar-refractivity contribution in [2.75, 3.05) is 12.4 Å². The molecule has 1 heterocycles. The van der Waals surface area contributed by atoms with Gasteiger partial charge in [0.25, 0.3) is 0 Å². The Labute approximate surface area is 131 Å². The van der Waals surface area contributed by atoms with Crippen molar-refractivity contribution in [2.45, 2.75) is 13.0 Å². The van der Waals surface area contributed by atoms with Gasteiger partial charge in [-0.1, -0.05) is 35.5 Å². The van der Waals surface area contributed by atoms with Gasteiger partial charge in [0.1, 0.15) is 6.04 Å². The summed E-state index contributed by atoms with van der Waals surface area (Å²) in [7, 11) is 0. The minimum atomic E-state index is -1.00. The lowest BCUT2D eigenvalue weighted by Crippen LogP contribution is -2.30. The van der Waals surface area contributed by atoms with Crippen molar-refractivity contribution in [3.05, 3.63) is 46.1 Å². The Morgan fingerprint density at radius 3 is 2.67 bits per heavy atom. The van der Waals surface area contributed by atoms with Crippen LogP contribution in [0.1, 0.15) is 18.5 Å². The first-order valence-corrected chi connectivity index (χ1v) is 7.67. The van der Waals surface area contributed by atoms with E-state index in [4.69, 9.17) is 16.7 Å². The molecule has 7 heteroatoms. The summed E-state index contributed by atoms with van der Waals surface area (Å²) < 4.78 is 0. The molecule has 112 valence electrons. The topological polar surface area (TPSA) is 81.9 Å². The van der Waals surface area contributed by atoms with Gasteiger partial charge in [0.05, 0.1) is 12.2 Å². The molecule has 1 aliphatic heterocycles. The van der Waals surface area contributed by atoms with Gasteiger partial charge in [-0.3, -0.25) is 0 Å². The number of allylic oxidation sites excluding steroid dienone is 1. The van der Waals surface area contributed by atoms with E-state index in [0.29, 0.717) is 21.6 Å². The molecule has 0 saturated heterocycles. The molecule has 0 amide bonds. The maximum Gasteiger partial charge on any atom is 0.335 e. The lowest BCUT2D eigenvalue weighted by atomic mass is 9.97. The summed E-state index contributed by atoms with van der Waals surface area (Å²) in [5.74, 6) is -0.510. The summed E-state index contributed by atoms with van der Waals surface area (Å²) in [5, 5.41) is 22.5. The molecule has 0 aromatic heterocycles. The maximum absolute atomic E-state index is 11.5. The van der Waals surface area contributed by atoms with Crippen LogP contribution in [0.25, 0.3) is 0 Å². The molecule has 0 saturated carbocycles. The monoisotopic (exact) mass is 326 g/mol. The largest absolute Gasteiger partial charge is 0.478 e. The van der Waals surface area contributed by atoms with Crippen molar-refractivity contribution in [1.82, 2.24) is 5.32 Å². The van der Waals surface area contributed by atoms with Gasteiger partial charge in [-0.25, -0.2) is 9.79 Å². The molecule has 0 spiro atoms. The highest BCUT2D eigenvalue weighted by Crippen LogP contribution is 2.32. The van der Waals surface area contributed by atoms with E-state index in [1.165, 1.54) is 11.8 Å². The van der Waals surface area contributed by atoms with Crippen LogP contribution in [-0.2, 0) is 4.79 Å². The lowest BCUT2D eigenvalue weighted by Gasteiger charge is -2.24. The van der Waals surface area contributed by atoms with Crippen molar-refractivity contribution < 1.29 is 15.0 Å². The molecule has 1 unspecified atom stereocenters. The van der Waals surface area contributed by atoms with Crippen LogP contribution in [0.2, 0.25) is 5.02 Å². The number of nitrogens with one attached hydrogen (secondary N) is 1. The summed E-state index contributed by atoms with van der Waals surface area (Å²) in [5.41, 5.74) is 1.53. The predicted molar refractivity (Wildman–Crippen MR) is 84.6 cm³/mol. The number of nitrogens with zero attached hydrogens (tertiary/aromatic N) is 1. The summed E-state index contributed by atoms with van der Waals surface area (Å²) >= 11 is 7.22. The number of benzene rings is 1. The molecule has 1 atom stereocenters. The van der Waals surface area contributed by atoms with Crippen LogP contribution in [0.4, 0.5) is 0 Å². The molecule has 5 nitrogen and oxygen atoms in total. The first kappa shape index (κ1) is 15.9. The van der Waals surface area contributed by atoms with Gasteiger partial charge in [-0.15, -0.1) is 0 Å². The zero-order valence-electron chi connectivity index (χ0n) is 11.3. The molecule has 1 aromatic rings.